The van der Waals surface area contributed by atoms with Gasteiger partial charge in [0, 0.05) is 26.7 Å². The van der Waals surface area contributed by atoms with Crippen molar-refractivity contribution >= 4 is 29.7 Å². The van der Waals surface area contributed by atoms with Crippen LogP contribution in [-0.4, -0.2) is 78.5 Å². The maximum Gasteiger partial charge on any atom is 0.325 e. The smallest absolute Gasteiger partial charge is 0.325 e. The van der Waals surface area contributed by atoms with Crippen LogP contribution in [0.4, 0.5) is 4.79 Å². The van der Waals surface area contributed by atoms with Crippen molar-refractivity contribution in [2.75, 3.05) is 26.7 Å². The molecule has 3 N–H and O–H groups in total. The average molecular weight is 417 g/mol. The Balaban J connectivity index is 1.76. The van der Waals surface area contributed by atoms with Gasteiger partial charge in [0.2, 0.25) is 11.8 Å². The van der Waals surface area contributed by atoms with Crippen molar-refractivity contribution in [1.82, 2.24) is 25.8 Å². The molecule has 2 saturated heterocycles. The summed E-state index contributed by atoms with van der Waals surface area (Å²) in [5, 5.41) is 7.52. The van der Waals surface area contributed by atoms with E-state index in [0.717, 1.165) is 4.90 Å². The quantitative estimate of drug-likeness (QED) is 0.389. The molecule has 3 rings (SSSR count). The monoisotopic (exact) mass is 417 g/mol. The van der Waals surface area contributed by atoms with Gasteiger partial charge in [0.25, 0.3) is 0 Å². The van der Waals surface area contributed by atoms with Crippen molar-refractivity contribution in [2.24, 2.45) is 0 Å². The Morgan fingerprint density at radius 2 is 1.87 bits per heavy atom. The second-order valence-electron chi connectivity index (χ2n) is 6.79. The Morgan fingerprint density at radius 3 is 2.47 bits per heavy atom. The number of likely N-dealkylation sites (N-methyl/N-ethyl adjacent to an activating group) is 1. The number of hydrogen-bond donors (Lipinski definition) is 3. The Labute approximate surface area is 172 Å². The van der Waals surface area contributed by atoms with Crippen LogP contribution in [0.1, 0.15) is 18.5 Å². The molecule has 6 amide bonds. The number of β-lactam (4-membered cyclic amide) rings is 1. The van der Waals surface area contributed by atoms with Crippen LogP contribution < -0.4 is 16.0 Å². The van der Waals surface area contributed by atoms with Crippen LogP contribution in [0.2, 0.25) is 0 Å². The van der Waals surface area contributed by atoms with Gasteiger partial charge < -0.3 is 25.6 Å². The first-order valence-electron chi connectivity index (χ1n) is 9.47. The van der Waals surface area contributed by atoms with E-state index in [0.29, 0.717) is 12.1 Å². The highest BCUT2D eigenvalue weighted by atomic mass is 16.5. The average Bonchev–Trinajstić information content (AvgIpc) is 2.76. The number of carbonyl (C=O) groups excluding carboxylic acids is 5. The minimum absolute atomic E-state index is 0.0180. The van der Waals surface area contributed by atoms with Gasteiger partial charge in [-0.3, -0.25) is 24.1 Å². The number of benzene rings is 1. The van der Waals surface area contributed by atoms with Crippen LogP contribution in [0.15, 0.2) is 30.3 Å². The molecular weight excluding hydrogens is 394 g/mol. The summed E-state index contributed by atoms with van der Waals surface area (Å²) in [7, 11) is 1.39. The van der Waals surface area contributed by atoms with Crippen molar-refractivity contribution in [2.45, 2.75) is 25.2 Å². The molecule has 1 aromatic carbocycles. The number of amides is 6. The molecule has 0 saturated carbocycles. The van der Waals surface area contributed by atoms with Gasteiger partial charge in [0.15, 0.2) is 12.3 Å². The van der Waals surface area contributed by atoms with E-state index in [4.69, 9.17) is 4.74 Å². The molecule has 160 valence electrons. The number of urea groups is 1. The van der Waals surface area contributed by atoms with Gasteiger partial charge in [-0.2, -0.15) is 0 Å². The number of rotatable bonds is 6. The predicted octanol–water partition coefficient (Wildman–Crippen LogP) is -1.28. The fraction of sp³-hybridized carbons (Fsp3) is 0.421. The van der Waals surface area contributed by atoms with Crippen LogP contribution in [0.5, 0.6) is 0 Å². The molecule has 11 nitrogen and oxygen atoms in total. The van der Waals surface area contributed by atoms with E-state index < -0.39 is 48.0 Å². The highest BCUT2D eigenvalue weighted by Gasteiger charge is 2.42. The lowest BCUT2D eigenvalue weighted by Gasteiger charge is -2.36. The van der Waals surface area contributed by atoms with Crippen LogP contribution in [0, 0.1) is 0 Å². The number of piperazine rings is 1. The van der Waals surface area contributed by atoms with Gasteiger partial charge in [-0.15, -0.1) is 0 Å². The Kier molecular flexibility index (Phi) is 6.31. The van der Waals surface area contributed by atoms with Gasteiger partial charge in [0.1, 0.15) is 6.04 Å². The van der Waals surface area contributed by atoms with Crippen molar-refractivity contribution in [3.63, 3.8) is 0 Å². The van der Waals surface area contributed by atoms with Gasteiger partial charge in [0.05, 0.1) is 0 Å². The lowest BCUT2D eigenvalue weighted by molar-refractivity contribution is -0.153. The molecule has 30 heavy (non-hydrogen) atoms. The third kappa shape index (κ3) is 4.10. The SMILES string of the molecule is CCN1CCN(C(=O)NC(C(=O)N[C@@H]2C(=O)N[C@@H]2OC)c2ccccc2)C(=O)C1=O. The summed E-state index contributed by atoms with van der Waals surface area (Å²) < 4.78 is 5.05. The fourth-order valence-electron chi connectivity index (χ4n) is 3.24. The number of nitrogens with one attached hydrogen (secondary N) is 3. The number of methoxy groups -OCH3 is 1. The van der Waals surface area contributed by atoms with Gasteiger partial charge >= 0.3 is 17.8 Å². The zero-order valence-electron chi connectivity index (χ0n) is 16.6. The zero-order valence-corrected chi connectivity index (χ0v) is 16.6. The molecule has 0 radical (unpaired) electrons. The first-order valence-corrected chi connectivity index (χ1v) is 9.47. The molecule has 2 aliphatic heterocycles. The van der Waals surface area contributed by atoms with Crippen molar-refractivity contribution < 1.29 is 28.7 Å². The zero-order chi connectivity index (χ0) is 21.8. The summed E-state index contributed by atoms with van der Waals surface area (Å²) in [5.74, 6) is -2.79. The molecule has 0 bridgehead atoms. The number of carbonyl (C=O) groups is 5. The van der Waals surface area contributed by atoms with Gasteiger partial charge in [-0.05, 0) is 12.5 Å². The van der Waals surface area contributed by atoms with E-state index in [2.05, 4.69) is 16.0 Å². The Morgan fingerprint density at radius 1 is 1.17 bits per heavy atom. The Hall–Kier alpha value is -3.47. The number of nitrogens with zero attached hydrogens (tertiary/aromatic N) is 2. The second kappa shape index (κ2) is 8.91. The normalized spacial score (nSPS) is 22.1. The summed E-state index contributed by atoms with van der Waals surface area (Å²) in [6.07, 6.45) is -0.671. The van der Waals surface area contributed by atoms with E-state index in [1.807, 2.05) is 0 Å². The molecule has 0 aliphatic carbocycles. The summed E-state index contributed by atoms with van der Waals surface area (Å²) >= 11 is 0. The lowest BCUT2D eigenvalue weighted by Crippen LogP contribution is -2.70. The van der Waals surface area contributed by atoms with E-state index in [9.17, 15) is 24.0 Å². The first kappa shape index (κ1) is 21.2. The molecule has 0 spiro atoms. The van der Waals surface area contributed by atoms with Crippen molar-refractivity contribution in [3.05, 3.63) is 35.9 Å². The fourth-order valence-corrected chi connectivity index (χ4v) is 3.24. The number of hydrogen-bond acceptors (Lipinski definition) is 6. The summed E-state index contributed by atoms with van der Waals surface area (Å²) in [4.78, 5) is 63.8. The maximum atomic E-state index is 12.9. The van der Waals surface area contributed by atoms with Gasteiger partial charge in [-0.1, -0.05) is 30.3 Å². The van der Waals surface area contributed by atoms with E-state index in [-0.39, 0.29) is 13.1 Å². The molecule has 0 aromatic heterocycles. The largest absolute Gasteiger partial charge is 0.359 e. The highest BCUT2D eigenvalue weighted by molar-refractivity contribution is 6.38. The topological polar surface area (TPSA) is 137 Å². The minimum Gasteiger partial charge on any atom is -0.359 e. The van der Waals surface area contributed by atoms with E-state index in [1.165, 1.54) is 12.0 Å². The highest BCUT2D eigenvalue weighted by Crippen LogP contribution is 2.16. The second-order valence-corrected chi connectivity index (χ2v) is 6.79. The van der Waals surface area contributed by atoms with Crippen LogP contribution in [-0.2, 0) is 23.9 Å². The van der Waals surface area contributed by atoms with Crippen molar-refractivity contribution in [1.29, 1.82) is 0 Å². The number of ether oxygens (including phenoxy) is 1. The predicted molar refractivity (Wildman–Crippen MR) is 103 cm³/mol. The number of imide groups is 1. The summed E-state index contributed by atoms with van der Waals surface area (Å²) in [6, 6.07) is 5.41. The molecular formula is C19H23N5O6. The van der Waals surface area contributed by atoms with Crippen LogP contribution >= 0.6 is 0 Å². The van der Waals surface area contributed by atoms with Crippen LogP contribution in [0.3, 0.4) is 0 Å². The third-order valence-corrected chi connectivity index (χ3v) is 5.02. The maximum absolute atomic E-state index is 12.9. The Bertz CT molecular complexity index is 860. The van der Waals surface area contributed by atoms with E-state index in [1.54, 1.807) is 37.3 Å². The standard InChI is InChI=1S/C19H23N5O6/c1-3-23-9-10-24(18(28)17(23)27)19(29)21-12(11-7-5-4-6-8-11)14(25)20-13-15(26)22-16(13)30-2/h4-8,12-13,16H,3,9-10H2,1-2H3,(H,20,25)(H,21,29)(H,22,26)/t12?,13-,16-/m1/s1. The summed E-state index contributed by atoms with van der Waals surface area (Å²) in [6.45, 7) is 2.33. The van der Waals surface area contributed by atoms with Crippen LogP contribution in [0.25, 0.3) is 0 Å². The van der Waals surface area contributed by atoms with Crippen molar-refractivity contribution in [3.8, 4) is 0 Å². The molecule has 1 aromatic rings. The molecule has 1 unspecified atom stereocenters. The third-order valence-electron chi connectivity index (χ3n) is 5.02. The molecule has 3 atom stereocenters. The molecule has 2 aliphatic rings. The molecule has 2 fully saturated rings. The summed E-state index contributed by atoms with van der Waals surface area (Å²) in [5.41, 5.74) is 0.447. The van der Waals surface area contributed by atoms with Gasteiger partial charge in [-0.25, -0.2) is 4.79 Å². The lowest BCUT2D eigenvalue weighted by atomic mass is 10.0. The van der Waals surface area contributed by atoms with E-state index >= 15 is 0 Å². The molecule has 11 heteroatoms. The molecule has 2 heterocycles. The minimum atomic E-state index is -1.18. The first-order chi connectivity index (χ1) is 14.4.